The molecule has 0 aliphatic rings. The third kappa shape index (κ3) is 5.77. The zero-order chi connectivity index (χ0) is 16.7. The zero-order valence-corrected chi connectivity index (χ0v) is 14.9. The molecule has 3 nitrogen and oxygen atoms in total. The molecule has 0 bridgehead atoms. The molecule has 0 aliphatic carbocycles. The van der Waals surface area contributed by atoms with Crippen molar-refractivity contribution in [2.24, 2.45) is 0 Å². The minimum absolute atomic E-state index is 0.775. The second-order valence-corrected chi connectivity index (χ2v) is 6.30. The molecule has 0 fully saturated rings. The first-order chi connectivity index (χ1) is 11.1. The average molecular weight is 333 g/mol. The zero-order valence-electron chi connectivity index (χ0n) is 14.1. The van der Waals surface area contributed by atoms with Crippen LogP contribution in [0.4, 0.5) is 5.69 Å². The van der Waals surface area contributed by atoms with Crippen molar-refractivity contribution < 1.29 is 4.74 Å². The smallest absolute Gasteiger partial charge is 0.118 e. The lowest BCUT2D eigenvalue weighted by Gasteiger charge is -2.26. The predicted octanol–water partition coefficient (Wildman–Crippen LogP) is 3.96. The van der Waals surface area contributed by atoms with Crippen molar-refractivity contribution >= 4 is 17.3 Å². The fourth-order valence-corrected chi connectivity index (χ4v) is 2.52. The van der Waals surface area contributed by atoms with E-state index < -0.39 is 0 Å². The van der Waals surface area contributed by atoms with E-state index in [1.165, 1.54) is 11.3 Å². The van der Waals surface area contributed by atoms with E-state index in [0.29, 0.717) is 0 Å². The van der Waals surface area contributed by atoms with E-state index in [-0.39, 0.29) is 0 Å². The Hall–Kier alpha value is -1.71. The van der Waals surface area contributed by atoms with E-state index >= 15 is 0 Å². The second kappa shape index (κ2) is 8.80. The fourth-order valence-electron chi connectivity index (χ4n) is 2.40. The van der Waals surface area contributed by atoms with E-state index in [0.717, 1.165) is 36.8 Å². The summed E-state index contributed by atoms with van der Waals surface area (Å²) in [6.07, 6.45) is 1.00. The van der Waals surface area contributed by atoms with Gasteiger partial charge in [-0.15, -0.1) is 0 Å². The highest BCUT2D eigenvalue weighted by Crippen LogP contribution is 2.19. The van der Waals surface area contributed by atoms with Gasteiger partial charge < -0.3 is 14.5 Å². The summed E-state index contributed by atoms with van der Waals surface area (Å²) in [6.45, 7) is 2.98. The summed E-state index contributed by atoms with van der Waals surface area (Å²) in [5.41, 5.74) is 2.53. The van der Waals surface area contributed by atoms with Crippen molar-refractivity contribution in [3.63, 3.8) is 0 Å². The number of benzene rings is 2. The van der Waals surface area contributed by atoms with Crippen LogP contribution in [0.25, 0.3) is 0 Å². The third-order valence-electron chi connectivity index (χ3n) is 3.84. The van der Waals surface area contributed by atoms with Gasteiger partial charge in [0.15, 0.2) is 0 Å². The van der Waals surface area contributed by atoms with Crippen LogP contribution in [0.15, 0.2) is 48.5 Å². The number of hydrogen-bond donors (Lipinski definition) is 0. The minimum Gasteiger partial charge on any atom is -0.497 e. The molecule has 2 aromatic rings. The lowest BCUT2D eigenvalue weighted by Crippen LogP contribution is -2.33. The maximum absolute atomic E-state index is 6.01. The van der Waals surface area contributed by atoms with E-state index in [2.05, 4.69) is 48.2 Å². The Morgan fingerprint density at radius 1 is 0.870 bits per heavy atom. The van der Waals surface area contributed by atoms with Gasteiger partial charge in [0.05, 0.1) is 7.11 Å². The van der Waals surface area contributed by atoms with Crippen LogP contribution in [0.5, 0.6) is 5.75 Å². The number of hydrogen-bond acceptors (Lipinski definition) is 3. The summed E-state index contributed by atoms with van der Waals surface area (Å²) >= 11 is 6.01. The van der Waals surface area contributed by atoms with Gasteiger partial charge in [0.1, 0.15) is 5.75 Å². The SMILES string of the molecule is COc1ccc(CCN(CCN(C)C)c2ccc(Cl)cc2)cc1. The minimum atomic E-state index is 0.775. The van der Waals surface area contributed by atoms with Crippen molar-refractivity contribution in [3.05, 3.63) is 59.1 Å². The second-order valence-electron chi connectivity index (χ2n) is 5.86. The molecule has 0 unspecified atom stereocenters. The van der Waals surface area contributed by atoms with Gasteiger partial charge in [0.2, 0.25) is 0 Å². The van der Waals surface area contributed by atoms with Crippen LogP contribution in [0.1, 0.15) is 5.56 Å². The number of anilines is 1. The van der Waals surface area contributed by atoms with Crippen molar-refractivity contribution in [1.82, 2.24) is 4.90 Å². The van der Waals surface area contributed by atoms with Crippen molar-refractivity contribution in [1.29, 1.82) is 0 Å². The van der Waals surface area contributed by atoms with Crippen LogP contribution in [0, 0.1) is 0 Å². The fraction of sp³-hybridized carbons (Fsp3) is 0.368. The summed E-state index contributed by atoms with van der Waals surface area (Å²) in [7, 11) is 5.89. The van der Waals surface area contributed by atoms with Crippen LogP contribution in [-0.4, -0.2) is 45.7 Å². The molecule has 2 rings (SSSR count). The summed E-state index contributed by atoms with van der Waals surface area (Å²) in [5.74, 6) is 0.899. The molecule has 0 heterocycles. The lowest BCUT2D eigenvalue weighted by molar-refractivity contribution is 0.413. The molecular weight excluding hydrogens is 308 g/mol. The third-order valence-corrected chi connectivity index (χ3v) is 4.09. The normalized spacial score (nSPS) is 10.8. The van der Waals surface area contributed by atoms with Gasteiger partial charge in [0, 0.05) is 30.3 Å². The lowest BCUT2D eigenvalue weighted by atomic mass is 10.1. The van der Waals surface area contributed by atoms with Gasteiger partial charge in [0.25, 0.3) is 0 Å². The van der Waals surface area contributed by atoms with Gasteiger partial charge in [-0.05, 0) is 62.5 Å². The molecule has 0 atom stereocenters. The number of methoxy groups -OCH3 is 1. The molecule has 4 heteroatoms. The van der Waals surface area contributed by atoms with Crippen molar-refractivity contribution in [2.45, 2.75) is 6.42 Å². The Kier molecular flexibility index (Phi) is 6.75. The summed E-state index contributed by atoms with van der Waals surface area (Å²) < 4.78 is 5.21. The molecule has 0 amide bonds. The van der Waals surface area contributed by atoms with Crippen LogP contribution in [0.2, 0.25) is 5.02 Å². The van der Waals surface area contributed by atoms with Crippen LogP contribution >= 0.6 is 11.6 Å². The Morgan fingerprint density at radius 2 is 1.52 bits per heavy atom. The highest BCUT2D eigenvalue weighted by atomic mass is 35.5. The topological polar surface area (TPSA) is 15.7 Å². The number of halogens is 1. The van der Waals surface area contributed by atoms with E-state index in [4.69, 9.17) is 16.3 Å². The summed E-state index contributed by atoms with van der Waals surface area (Å²) in [6, 6.07) is 16.4. The van der Waals surface area contributed by atoms with E-state index in [1.54, 1.807) is 7.11 Å². The molecule has 0 radical (unpaired) electrons. The number of ether oxygens (including phenoxy) is 1. The monoisotopic (exact) mass is 332 g/mol. The first-order valence-corrected chi connectivity index (χ1v) is 8.24. The molecule has 2 aromatic carbocycles. The molecule has 0 aromatic heterocycles. The molecule has 124 valence electrons. The predicted molar refractivity (Wildman–Crippen MR) is 98.9 cm³/mol. The van der Waals surface area contributed by atoms with Crippen LogP contribution in [0.3, 0.4) is 0 Å². The maximum atomic E-state index is 6.01. The van der Waals surface area contributed by atoms with E-state index in [1.807, 2.05) is 24.3 Å². The number of likely N-dealkylation sites (N-methyl/N-ethyl adjacent to an activating group) is 1. The molecular formula is C19H25ClN2O. The largest absolute Gasteiger partial charge is 0.497 e. The molecule has 0 saturated carbocycles. The van der Waals surface area contributed by atoms with Crippen LogP contribution in [-0.2, 0) is 6.42 Å². The summed E-state index contributed by atoms with van der Waals surface area (Å²) in [4.78, 5) is 4.61. The first kappa shape index (κ1) is 17.6. The summed E-state index contributed by atoms with van der Waals surface area (Å²) in [5, 5.41) is 0.775. The molecule has 0 spiro atoms. The Balaban J connectivity index is 2.02. The highest BCUT2D eigenvalue weighted by molar-refractivity contribution is 6.30. The highest BCUT2D eigenvalue weighted by Gasteiger charge is 2.07. The van der Waals surface area contributed by atoms with Gasteiger partial charge in [-0.25, -0.2) is 0 Å². The Labute approximate surface area is 144 Å². The number of rotatable bonds is 8. The number of nitrogens with zero attached hydrogens (tertiary/aromatic N) is 2. The molecule has 0 saturated heterocycles. The van der Waals surface area contributed by atoms with Gasteiger partial charge in [-0.2, -0.15) is 0 Å². The Morgan fingerprint density at radius 3 is 2.09 bits per heavy atom. The molecule has 23 heavy (non-hydrogen) atoms. The maximum Gasteiger partial charge on any atom is 0.118 e. The Bertz CT molecular complexity index is 581. The standard InChI is InChI=1S/C19H25ClN2O/c1-21(2)14-15-22(18-8-6-17(20)7-9-18)13-12-16-4-10-19(23-3)11-5-16/h4-11H,12-15H2,1-3H3. The molecule has 0 aliphatic heterocycles. The average Bonchev–Trinajstić information content (AvgIpc) is 2.56. The quantitative estimate of drug-likeness (QED) is 0.727. The first-order valence-electron chi connectivity index (χ1n) is 7.86. The van der Waals surface area contributed by atoms with Crippen molar-refractivity contribution in [3.8, 4) is 5.75 Å². The van der Waals surface area contributed by atoms with Gasteiger partial charge in [-0.3, -0.25) is 0 Å². The van der Waals surface area contributed by atoms with Gasteiger partial charge in [-0.1, -0.05) is 23.7 Å². The molecule has 0 N–H and O–H groups in total. The van der Waals surface area contributed by atoms with E-state index in [9.17, 15) is 0 Å². The van der Waals surface area contributed by atoms with Crippen LogP contribution < -0.4 is 9.64 Å². The van der Waals surface area contributed by atoms with Crippen molar-refractivity contribution in [2.75, 3.05) is 45.7 Å². The van der Waals surface area contributed by atoms with Gasteiger partial charge >= 0.3 is 0 Å².